The van der Waals surface area contributed by atoms with Crippen molar-refractivity contribution >= 4 is 35.6 Å². The van der Waals surface area contributed by atoms with Crippen LogP contribution in [0.1, 0.15) is 147 Å². The number of nitrogens with one attached hydrogen (secondary N) is 4. The highest BCUT2D eigenvalue weighted by atomic mass is 16.6. The van der Waals surface area contributed by atoms with E-state index in [1.165, 1.54) is 0 Å². The Morgan fingerprint density at radius 1 is 0.686 bits per heavy atom. The first-order valence-electron chi connectivity index (χ1n) is 18.9. The standard InChI is InChI=1S/C38H68N4O5.CH2O3/c1-13-28(36(4,5)6)39-34(46)31(25-19-14-15-20-25)40-33(45)26(22-29(44)37(7,8)9)21-27(43)32(38(10,11)12)42-35(47)41-30-23(2)17-16-18-24(30)3;2-1(3)4/h23-26,28,30-32H,13-22H2,1-12H3,(H,39,46)(H,40,45)(H2,41,42,47);(H2,2,3,4)/t23?,24?,26-,28-,30?,31+,32-;/m1./s1. The molecule has 6 N–H and O–H groups in total. The fourth-order valence-corrected chi connectivity index (χ4v) is 7.37. The van der Waals surface area contributed by atoms with Crippen LogP contribution < -0.4 is 21.3 Å². The molecule has 294 valence electrons. The predicted molar refractivity (Wildman–Crippen MR) is 199 cm³/mol. The lowest BCUT2D eigenvalue weighted by Crippen LogP contribution is -2.57. The monoisotopic (exact) mass is 723 g/mol. The van der Waals surface area contributed by atoms with Gasteiger partial charge >= 0.3 is 12.2 Å². The van der Waals surface area contributed by atoms with Gasteiger partial charge in [0.2, 0.25) is 11.8 Å². The van der Waals surface area contributed by atoms with Gasteiger partial charge in [0.25, 0.3) is 0 Å². The Morgan fingerprint density at radius 3 is 1.63 bits per heavy atom. The van der Waals surface area contributed by atoms with Crippen molar-refractivity contribution in [2.75, 3.05) is 0 Å². The highest BCUT2D eigenvalue weighted by molar-refractivity contribution is 5.97. The van der Waals surface area contributed by atoms with Gasteiger partial charge in [0, 0.05) is 30.3 Å². The summed E-state index contributed by atoms with van der Waals surface area (Å²) in [6.45, 7) is 23.6. The van der Waals surface area contributed by atoms with Crippen molar-refractivity contribution in [3.8, 4) is 0 Å². The lowest BCUT2D eigenvalue weighted by molar-refractivity contribution is -0.138. The highest BCUT2D eigenvalue weighted by Gasteiger charge is 2.40. The minimum Gasteiger partial charge on any atom is -0.450 e. The van der Waals surface area contributed by atoms with Gasteiger partial charge in [-0.2, -0.15) is 0 Å². The van der Waals surface area contributed by atoms with Crippen LogP contribution in [-0.2, 0) is 19.2 Å². The number of ketones is 2. The molecule has 2 fully saturated rings. The second kappa shape index (κ2) is 19.6. The third-order valence-corrected chi connectivity index (χ3v) is 10.6. The van der Waals surface area contributed by atoms with Gasteiger partial charge in [-0.15, -0.1) is 0 Å². The summed E-state index contributed by atoms with van der Waals surface area (Å²) in [5, 5.41) is 26.2. The van der Waals surface area contributed by atoms with E-state index in [9.17, 15) is 24.0 Å². The fourth-order valence-electron chi connectivity index (χ4n) is 7.37. The molecule has 4 amide bonds. The second-order valence-electron chi connectivity index (χ2n) is 18.2. The topological polar surface area (TPSA) is 191 Å². The largest absolute Gasteiger partial charge is 0.503 e. The van der Waals surface area contributed by atoms with Crippen LogP contribution in [0.5, 0.6) is 0 Å². The maximum atomic E-state index is 14.1. The Balaban J connectivity index is 0.00000308. The highest BCUT2D eigenvalue weighted by Crippen LogP contribution is 2.32. The third kappa shape index (κ3) is 15.5. The number of Topliss-reactive ketones (excluding diaryl/α,β-unsaturated/α-hetero) is 2. The first-order chi connectivity index (χ1) is 23.3. The van der Waals surface area contributed by atoms with Gasteiger partial charge in [-0.05, 0) is 60.7 Å². The molecule has 0 bridgehead atoms. The molecule has 2 unspecified atom stereocenters. The molecule has 0 aromatic rings. The van der Waals surface area contributed by atoms with E-state index in [2.05, 4.69) is 55.9 Å². The van der Waals surface area contributed by atoms with Gasteiger partial charge in [0.05, 0.1) is 12.0 Å². The number of urea groups is 1. The van der Waals surface area contributed by atoms with Crippen molar-refractivity contribution in [2.24, 2.45) is 39.9 Å². The minimum absolute atomic E-state index is 0.0108. The van der Waals surface area contributed by atoms with E-state index >= 15 is 0 Å². The second-order valence-corrected chi connectivity index (χ2v) is 18.2. The summed E-state index contributed by atoms with van der Waals surface area (Å²) in [5.41, 5.74) is -1.50. The average Bonchev–Trinajstić information content (AvgIpc) is 3.51. The van der Waals surface area contributed by atoms with Crippen LogP contribution in [0.2, 0.25) is 0 Å². The van der Waals surface area contributed by atoms with Crippen molar-refractivity contribution < 1.29 is 39.0 Å². The van der Waals surface area contributed by atoms with Crippen LogP contribution in [-0.4, -0.2) is 69.9 Å². The van der Waals surface area contributed by atoms with E-state index in [0.29, 0.717) is 11.8 Å². The summed E-state index contributed by atoms with van der Waals surface area (Å²) in [7, 11) is 0. The molecule has 0 radical (unpaired) electrons. The molecule has 0 aliphatic heterocycles. The van der Waals surface area contributed by atoms with Gasteiger partial charge in [0.1, 0.15) is 11.8 Å². The first-order valence-corrected chi connectivity index (χ1v) is 18.9. The molecular formula is C39H70N4O8. The zero-order valence-corrected chi connectivity index (χ0v) is 33.5. The lowest BCUT2D eigenvalue weighted by Gasteiger charge is -2.37. The van der Waals surface area contributed by atoms with E-state index < -0.39 is 46.9 Å². The summed E-state index contributed by atoms with van der Waals surface area (Å²) in [4.78, 5) is 77.1. The Bertz CT molecular complexity index is 1180. The number of hydrogen-bond acceptors (Lipinski definition) is 6. The third-order valence-electron chi connectivity index (χ3n) is 10.6. The normalized spacial score (nSPS) is 22.2. The average molecular weight is 723 g/mol. The van der Waals surface area contributed by atoms with Crippen LogP contribution in [0, 0.1) is 39.9 Å². The summed E-state index contributed by atoms with van der Waals surface area (Å²) in [6, 6.07) is -2.06. The smallest absolute Gasteiger partial charge is 0.450 e. The van der Waals surface area contributed by atoms with Crippen molar-refractivity contribution in [1.82, 2.24) is 21.3 Å². The molecule has 2 aliphatic carbocycles. The molecule has 2 saturated carbocycles. The molecule has 12 nitrogen and oxygen atoms in total. The fraction of sp³-hybridized carbons (Fsp3) is 0.846. The molecule has 51 heavy (non-hydrogen) atoms. The van der Waals surface area contributed by atoms with E-state index in [1.807, 2.05) is 27.7 Å². The van der Waals surface area contributed by atoms with Crippen molar-refractivity contribution in [2.45, 2.75) is 171 Å². The van der Waals surface area contributed by atoms with Crippen LogP contribution in [0.15, 0.2) is 0 Å². The van der Waals surface area contributed by atoms with E-state index in [-0.39, 0.29) is 53.7 Å². The van der Waals surface area contributed by atoms with Gasteiger partial charge in [-0.3, -0.25) is 19.2 Å². The molecule has 2 aliphatic rings. The quantitative estimate of drug-likeness (QED) is 0.118. The summed E-state index contributed by atoms with van der Waals surface area (Å²) in [5.74, 6) is -1.42. The number of carbonyl (C=O) groups excluding carboxylic acids is 5. The van der Waals surface area contributed by atoms with Gasteiger partial charge < -0.3 is 31.5 Å². The number of rotatable bonds is 13. The summed E-state index contributed by atoms with van der Waals surface area (Å²) in [6.07, 6.45) is 5.46. The van der Waals surface area contributed by atoms with Gasteiger partial charge in [0.15, 0.2) is 5.78 Å². The number of amides is 4. The van der Waals surface area contributed by atoms with Crippen LogP contribution in [0.3, 0.4) is 0 Å². The Kier molecular flexibility index (Phi) is 17.6. The number of carboxylic acid groups (broad SMARTS) is 2. The minimum atomic E-state index is -1.83. The van der Waals surface area contributed by atoms with E-state index in [1.54, 1.807) is 20.8 Å². The lowest BCUT2D eigenvalue weighted by atomic mass is 9.78. The Morgan fingerprint density at radius 2 is 1.20 bits per heavy atom. The number of hydrogen-bond donors (Lipinski definition) is 6. The van der Waals surface area contributed by atoms with E-state index in [0.717, 1.165) is 51.4 Å². The Hall–Kier alpha value is -3.18. The molecular weight excluding hydrogens is 652 g/mol. The molecule has 0 heterocycles. The van der Waals surface area contributed by atoms with Crippen molar-refractivity contribution in [1.29, 1.82) is 0 Å². The molecule has 0 aromatic heterocycles. The molecule has 12 heteroatoms. The zero-order valence-electron chi connectivity index (χ0n) is 33.5. The summed E-state index contributed by atoms with van der Waals surface area (Å²) >= 11 is 0. The molecule has 2 rings (SSSR count). The number of carbonyl (C=O) groups is 6. The van der Waals surface area contributed by atoms with Crippen molar-refractivity contribution in [3.63, 3.8) is 0 Å². The van der Waals surface area contributed by atoms with Crippen molar-refractivity contribution in [3.05, 3.63) is 0 Å². The molecule has 6 atom stereocenters. The molecule has 0 spiro atoms. The van der Waals surface area contributed by atoms with Gasteiger partial charge in [-0.25, -0.2) is 9.59 Å². The maximum Gasteiger partial charge on any atom is 0.503 e. The molecule has 0 aromatic carbocycles. The predicted octanol–water partition coefficient (Wildman–Crippen LogP) is 6.94. The molecule has 0 saturated heterocycles. The van der Waals surface area contributed by atoms with E-state index in [4.69, 9.17) is 15.0 Å². The first kappa shape index (κ1) is 45.8. The van der Waals surface area contributed by atoms with Crippen LogP contribution in [0.4, 0.5) is 9.59 Å². The van der Waals surface area contributed by atoms with Gasteiger partial charge in [-0.1, -0.05) is 102 Å². The Labute approximate surface area is 306 Å². The maximum absolute atomic E-state index is 14.1. The zero-order chi connectivity index (χ0) is 39.5. The van der Waals surface area contributed by atoms with Crippen LogP contribution >= 0.6 is 0 Å². The summed E-state index contributed by atoms with van der Waals surface area (Å²) < 4.78 is 0. The SMILES string of the molecule is CC[C@@H](NC(=O)[C@@H](NC(=O)[C@H](CC(=O)[C@@H](NC(=O)NC1C(C)CCCC1C)C(C)(C)C)CC(=O)C(C)(C)C)C1CCCC1)C(C)(C)C.O=C(O)O. The van der Waals surface area contributed by atoms with Crippen LogP contribution in [0.25, 0.3) is 0 Å².